The van der Waals surface area contributed by atoms with Crippen LogP contribution in [-0.4, -0.2) is 54.3 Å². The number of para-hydroxylation sites is 1. The molecule has 10 heteroatoms. The smallest absolute Gasteiger partial charge is 0.335 e. The van der Waals surface area contributed by atoms with Gasteiger partial charge in [-0.15, -0.1) is 0 Å². The van der Waals surface area contributed by atoms with E-state index >= 15 is 0 Å². The topological polar surface area (TPSA) is 85.4 Å². The van der Waals surface area contributed by atoms with E-state index in [1.54, 1.807) is 30.3 Å². The second-order valence-corrected chi connectivity index (χ2v) is 11.3. The van der Waals surface area contributed by atoms with Gasteiger partial charge in [0, 0.05) is 31.1 Å². The molecule has 210 valence electrons. The average Bonchev–Trinajstić information content (AvgIpc) is 3.68. The lowest BCUT2D eigenvalue weighted by molar-refractivity contribution is 0.0697. The molecular formula is C31H29ClFN5O3. The minimum absolute atomic E-state index is 0.0917. The maximum atomic E-state index is 14.6. The number of halogens is 2. The highest BCUT2D eigenvalue weighted by Gasteiger charge is 2.25. The molecule has 0 spiro atoms. The minimum atomic E-state index is -0.952. The molecule has 5 aromatic rings. The first-order valence-electron chi connectivity index (χ1n) is 13.9. The number of rotatable bonds is 7. The van der Waals surface area contributed by atoms with E-state index in [1.807, 2.05) is 12.1 Å². The Labute approximate surface area is 240 Å². The molecule has 2 aromatic heterocycles. The first-order valence-corrected chi connectivity index (χ1v) is 14.3. The van der Waals surface area contributed by atoms with Crippen LogP contribution in [0.2, 0.25) is 5.02 Å². The normalized spacial score (nSPS) is 17.5. The van der Waals surface area contributed by atoms with Crippen LogP contribution < -0.4 is 0 Å². The summed E-state index contributed by atoms with van der Waals surface area (Å²) >= 11 is 5.95. The van der Waals surface area contributed by atoms with Crippen molar-refractivity contribution in [3.8, 4) is 0 Å². The SMILES string of the molecule is O=C(O)c1ccc2nc(CN3CCn4c(nc5c(Cc6ccc(Cl)cc6F)cccc54)C3)n(C[C@H]3CCCO3)c2c1. The molecule has 1 N–H and O–H groups in total. The van der Waals surface area contributed by atoms with Crippen molar-refractivity contribution in [2.24, 2.45) is 0 Å². The van der Waals surface area contributed by atoms with Gasteiger partial charge in [-0.05, 0) is 60.4 Å². The molecule has 3 aromatic carbocycles. The van der Waals surface area contributed by atoms with Crippen molar-refractivity contribution >= 4 is 39.6 Å². The first-order chi connectivity index (χ1) is 19.9. The van der Waals surface area contributed by atoms with Crippen LogP contribution in [0.25, 0.3) is 22.1 Å². The van der Waals surface area contributed by atoms with Crippen LogP contribution in [0.4, 0.5) is 4.39 Å². The van der Waals surface area contributed by atoms with E-state index in [9.17, 15) is 14.3 Å². The summed E-state index contributed by atoms with van der Waals surface area (Å²) in [6.07, 6.45) is 2.54. The van der Waals surface area contributed by atoms with Crippen molar-refractivity contribution in [1.29, 1.82) is 0 Å². The van der Waals surface area contributed by atoms with E-state index < -0.39 is 5.97 Å². The number of fused-ring (bicyclic) bond motifs is 4. The fourth-order valence-corrected chi connectivity index (χ4v) is 6.27. The third kappa shape index (κ3) is 4.98. The van der Waals surface area contributed by atoms with Crippen LogP contribution in [0.5, 0.6) is 0 Å². The summed E-state index contributed by atoms with van der Waals surface area (Å²) in [5.41, 5.74) is 5.36. The Morgan fingerprint density at radius 2 is 1.98 bits per heavy atom. The molecule has 1 saturated heterocycles. The molecule has 8 nitrogen and oxygen atoms in total. The molecule has 2 aliphatic heterocycles. The summed E-state index contributed by atoms with van der Waals surface area (Å²) in [6.45, 7) is 4.24. The predicted octanol–water partition coefficient (Wildman–Crippen LogP) is 5.66. The van der Waals surface area contributed by atoms with Crippen molar-refractivity contribution in [2.75, 3.05) is 13.2 Å². The monoisotopic (exact) mass is 573 g/mol. The lowest BCUT2D eigenvalue weighted by atomic mass is 10.0. The highest BCUT2D eigenvalue weighted by atomic mass is 35.5. The maximum absolute atomic E-state index is 14.6. The number of aromatic carboxylic acids is 1. The zero-order chi connectivity index (χ0) is 28.1. The van der Waals surface area contributed by atoms with E-state index in [2.05, 4.69) is 20.1 Å². The van der Waals surface area contributed by atoms with E-state index in [1.165, 1.54) is 6.07 Å². The third-order valence-electron chi connectivity index (χ3n) is 8.19. The largest absolute Gasteiger partial charge is 0.478 e. The van der Waals surface area contributed by atoms with Gasteiger partial charge in [0.15, 0.2) is 0 Å². The predicted molar refractivity (Wildman–Crippen MR) is 154 cm³/mol. The number of hydrogen-bond donors (Lipinski definition) is 1. The van der Waals surface area contributed by atoms with Crippen LogP contribution in [0.3, 0.4) is 0 Å². The summed E-state index contributed by atoms with van der Waals surface area (Å²) in [5.74, 6) is 0.587. The molecule has 4 heterocycles. The first kappa shape index (κ1) is 26.1. The summed E-state index contributed by atoms with van der Waals surface area (Å²) in [7, 11) is 0. The molecule has 2 aliphatic rings. The van der Waals surface area contributed by atoms with Gasteiger partial charge in [-0.3, -0.25) is 4.90 Å². The molecule has 1 atom stereocenters. The Morgan fingerprint density at radius 1 is 1.07 bits per heavy atom. The van der Waals surface area contributed by atoms with Crippen molar-refractivity contribution in [3.63, 3.8) is 0 Å². The number of hydrogen-bond acceptors (Lipinski definition) is 5. The Kier molecular flexibility index (Phi) is 6.73. The van der Waals surface area contributed by atoms with Gasteiger partial charge in [0.2, 0.25) is 0 Å². The summed E-state index contributed by atoms with van der Waals surface area (Å²) in [4.78, 5) is 24.0. The van der Waals surface area contributed by atoms with Gasteiger partial charge in [0.25, 0.3) is 0 Å². The number of carbonyl (C=O) groups is 1. The molecule has 41 heavy (non-hydrogen) atoms. The lowest BCUT2D eigenvalue weighted by Gasteiger charge is -2.28. The zero-order valence-corrected chi connectivity index (χ0v) is 23.1. The molecule has 0 aliphatic carbocycles. The second-order valence-electron chi connectivity index (χ2n) is 10.9. The summed E-state index contributed by atoms with van der Waals surface area (Å²) < 4.78 is 24.9. The van der Waals surface area contributed by atoms with Crippen molar-refractivity contribution in [2.45, 2.75) is 51.5 Å². The Morgan fingerprint density at radius 3 is 2.78 bits per heavy atom. The number of imidazole rings is 2. The van der Waals surface area contributed by atoms with Gasteiger partial charge in [0.1, 0.15) is 17.5 Å². The molecule has 0 radical (unpaired) electrons. The highest BCUT2D eigenvalue weighted by Crippen LogP contribution is 2.28. The zero-order valence-electron chi connectivity index (χ0n) is 22.4. The number of aromatic nitrogens is 4. The molecule has 7 rings (SSSR count). The van der Waals surface area contributed by atoms with Gasteiger partial charge >= 0.3 is 5.97 Å². The standard InChI is InChI=1S/C31H29ClFN5O3/c32-22-8-6-19(24(33)15-22)13-20-3-1-5-26-30(20)35-29-18-36(10-11-37(26)29)17-28-34-25-9-7-21(31(39)40)14-27(25)38(28)16-23-4-2-12-41-23/h1,3,5-9,14-15,23H,2,4,10-13,16-18H2,(H,39,40)/t23-/m1/s1. The Balaban J connectivity index is 1.18. The molecule has 0 amide bonds. The second kappa shape index (κ2) is 10.6. The average molecular weight is 574 g/mol. The van der Waals surface area contributed by atoms with Gasteiger partial charge in [0.05, 0.1) is 53.4 Å². The van der Waals surface area contributed by atoms with E-state index in [0.717, 1.165) is 71.8 Å². The Bertz CT molecular complexity index is 1790. The van der Waals surface area contributed by atoms with E-state index in [4.69, 9.17) is 26.3 Å². The van der Waals surface area contributed by atoms with Gasteiger partial charge in [-0.25, -0.2) is 19.2 Å². The molecule has 0 bridgehead atoms. The van der Waals surface area contributed by atoms with E-state index in [-0.39, 0.29) is 17.5 Å². The third-order valence-corrected chi connectivity index (χ3v) is 8.43. The van der Waals surface area contributed by atoms with Crippen LogP contribution in [-0.2, 0) is 37.3 Å². The highest BCUT2D eigenvalue weighted by molar-refractivity contribution is 6.30. The Hall–Kier alpha value is -3.79. The van der Waals surface area contributed by atoms with Crippen LogP contribution in [0, 0.1) is 5.82 Å². The van der Waals surface area contributed by atoms with Crippen LogP contribution >= 0.6 is 11.6 Å². The van der Waals surface area contributed by atoms with Crippen LogP contribution in [0.15, 0.2) is 54.6 Å². The quantitative estimate of drug-likeness (QED) is 0.270. The minimum Gasteiger partial charge on any atom is -0.478 e. The number of carboxylic acid groups (broad SMARTS) is 1. The number of nitrogens with zero attached hydrogens (tertiary/aromatic N) is 5. The van der Waals surface area contributed by atoms with E-state index in [0.29, 0.717) is 36.6 Å². The van der Waals surface area contributed by atoms with Crippen molar-refractivity contribution in [3.05, 3.63) is 93.8 Å². The van der Waals surface area contributed by atoms with Gasteiger partial charge < -0.3 is 19.0 Å². The number of benzene rings is 3. The lowest BCUT2D eigenvalue weighted by Crippen LogP contribution is -2.34. The fraction of sp³-hybridized carbons (Fsp3) is 0.323. The molecule has 1 fully saturated rings. The summed E-state index contributed by atoms with van der Waals surface area (Å²) in [6, 6.07) is 16.0. The number of ether oxygens (including phenoxy) is 1. The number of carboxylic acids is 1. The fourth-order valence-electron chi connectivity index (χ4n) is 6.11. The van der Waals surface area contributed by atoms with Gasteiger partial charge in [-0.1, -0.05) is 29.8 Å². The maximum Gasteiger partial charge on any atom is 0.335 e. The van der Waals surface area contributed by atoms with Crippen LogP contribution in [0.1, 0.15) is 46.0 Å². The van der Waals surface area contributed by atoms with Crippen molar-refractivity contribution < 1.29 is 19.0 Å². The van der Waals surface area contributed by atoms with Gasteiger partial charge in [-0.2, -0.15) is 0 Å². The molecule has 0 saturated carbocycles. The molecule has 0 unspecified atom stereocenters. The van der Waals surface area contributed by atoms with Crippen molar-refractivity contribution in [1.82, 2.24) is 24.0 Å². The summed E-state index contributed by atoms with van der Waals surface area (Å²) in [5, 5.41) is 9.95. The molecular weight excluding hydrogens is 545 g/mol.